The van der Waals surface area contributed by atoms with Gasteiger partial charge in [0.15, 0.2) is 0 Å². The Morgan fingerprint density at radius 1 is 1.00 bits per heavy atom. The molecule has 0 bridgehead atoms. The quantitative estimate of drug-likeness (QED) is 0.222. The Labute approximate surface area is 104 Å². The second-order valence-corrected chi connectivity index (χ2v) is 4.23. The molecule has 17 heavy (non-hydrogen) atoms. The van der Waals surface area contributed by atoms with E-state index in [1.165, 1.54) is 32.1 Å². The van der Waals surface area contributed by atoms with Gasteiger partial charge >= 0.3 is 0 Å². The summed E-state index contributed by atoms with van der Waals surface area (Å²) in [5.41, 5.74) is 0. The fourth-order valence-electron chi connectivity index (χ4n) is 1.59. The largest absolute Gasteiger partial charge is 0.314 e. The van der Waals surface area contributed by atoms with Gasteiger partial charge in [-0.3, -0.25) is 0 Å². The average molecular weight is 243 g/mol. The van der Waals surface area contributed by atoms with Crippen LogP contribution in [0.25, 0.3) is 0 Å². The summed E-state index contributed by atoms with van der Waals surface area (Å²) < 4.78 is 0. The van der Waals surface area contributed by atoms with Crippen LogP contribution in [0.3, 0.4) is 0 Å². The molecule has 0 spiro atoms. The molecule has 0 rings (SSSR count). The van der Waals surface area contributed by atoms with Gasteiger partial charge in [-0.2, -0.15) is 0 Å². The van der Waals surface area contributed by atoms with Crippen molar-refractivity contribution in [2.24, 2.45) is 0 Å². The van der Waals surface area contributed by atoms with Crippen LogP contribution in [0.4, 0.5) is 0 Å². The molecule has 100 valence electrons. The van der Waals surface area contributed by atoms with Gasteiger partial charge in [-0.05, 0) is 25.7 Å². The highest BCUT2D eigenvalue weighted by Crippen LogP contribution is 2.06. The number of hydrogen-bond acceptors (Lipinski definition) is 3. The molecule has 0 aromatic carbocycles. The maximum atomic E-state index is 9.86. The Bertz CT molecular complexity index is 205. The van der Waals surface area contributed by atoms with Gasteiger partial charge < -0.3 is 4.84 Å². The smallest absolute Gasteiger partial charge is 0.294 e. The lowest BCUT2D eigenvalue weighted by atomic mass is 10.1. The molecule has 4 nitrogen and oxygen atoms in total. The van der Waals surface area contributed by atoms with E-state index >= 15 is 0 Å². The van der Waals surface area contributed by atoms with Gasteiger partial charge in [-0.15, -0.1) is 10.1 Å². The van der Waals surface area contributed by atoms with Gasteiger partial charge in [0.05, 0.1) is 6.61 Å². The fraction of sp³-hybridized carbons (Fsp3) is 0.846. The van der Waals surface area contributed by atoms with Gasteiger partial charge in [-0.25, -0.2) is 0 Å². The molecular formula is C13H25NO3. The second-order valence-electron chi connectivity index (χ2n) is 4.23. The van der Waals surface area contributed by atoms with Crippen molar-refractivity contribution in [1.29, 1.82) is 0 Å². The third-order valence-electron chi connectivity index (χ3n) is 2.60. The van der Waals surface area contributed by atoms with Crippen molar-refractivity contribution in [2.45, 2.75) is 64.7 Å². The van der Waals surface area contributed by atoms with E-state index in [9.17, 15) is 10.1 Å². The van der Waals surface area contributed by atoms with E-state index in [0.29, 0.717) is 0 Å². The third-order valence-corrected chi connectivity index (χ3v) is 2.60. The molecule has 0 aromatic rings. The molecule has 0 aromatic heterocycles. The zero-order valence-electron chi connectivity index (χ0n) is 10.9. The number of allylic oxidation sites excluding steroid dienone is 2. The van der Waals surface area contributed by atoms with Crippen LogP contribution < -0.4 is 0 Å². The predicted octanol–water partition coefficient (Wildman–Crippen LogP) is 4.28. The molecule has 0 atom stereocenters. The standard InChI is InChI=1S/C13H25NO3/c1-2-3-4-5-6-7-8-9-10-11-12-13-17-14(15)16/h5-6H,2-4,7-13H2,1H3/b6-5-. The first-order chi connectivity index (χ1) is 8.27. The van der Waals surface area contributed by atoms with E-state index < -0.39 is 5.09 Å². The molecule has 0 fully saturated rings. The topological polar surface area (TPSA) is 52.4 Å². The van der Waals surface area contributed by atoms with Crippen molar-refractivity contribution in [2.75, 3.05) is 6.61 Å². The van der Waals surface area contributed by atoms with Gasteiger partial charge in [0.25, 0.3) is 5.09 Å². The molecule has 0 aliphatic rings. The number of unbranched alkanes of at least 4 members (excludes halogenated alkanes) is 7. The second kappa shape index (κ2) is 13.0. The first-order valence-corrected chi connectivity index (χ1v) is 6.69. The molecule has 4 heteroatoms. The zero-order chi connectivity index (χ0) is 12.8. The van der Waals surface area contributed by atoms with Crippen LogP contribution in [-0.2, 0) is 4.84 Å². The molecule has 0 saturated carbocycles. The van der Waals surface area contributed by atoms with Gasteiger partial charge in [-0.1, -0.05) is 51.2 Å². The lowest BCUT2D eigenvalue weighted by Crippen LogP contribution is -2.01. The van der Waals surface area contributed by atoms with Crippen molar-refractivity contribution in [3.63, 3.8) is 0 Å². The predicted molar refractivity (Wildman–Crippen MR) is 69.3 cm³/mol. The molecule has 0 aliphatic heterocycles. The van der Waals surface area contributed by atoms with Gasteiger partial charge in [0.2, 0.25) is 0 Å². The van der Waals surface area contributed by atoms with E-state index in [-0.39, 0.29) is 6.61 Å². The Hall–Kier alpha value is -1.06. The summed E-state index contributed by atoms with van der Waals surface area (Å²) in [5.74, 6) is 0. The SMILES string of the molecule is CCCC/C=C\CCCCCCCO[N+](=O)[O-]. The van der Waals surface area contributed by atoms with Crippen LogP contribution in [0.1, 0.15) is 64.7 Å². The minimum absolute atomic E-state index is 0.240. The lowest BCUT2D eigenvalue weighted by molar-refractivity contribution is -0.757. The van der Waals surface area contributed by atoms with Crippen molar-refractivity contribution < 1.29 is 9.92 Å². The van der Waals surface area contributed by atoms with Gasteiger partial charge in [0, 0.05) is 0 Å². The molecular weight excluding hydrogens is 218 g/mol. The van der Waals surface area contributed by atoms with E-state index in [1.54, 1.807) is 0 Å². The summed E-state index contributed by atoms with van der Waals surface area (Å²) in [6, 6.07) is 0. The molecule has 0 amide bonds. The van der Waals surface area contributed by atoms with E-state index in [4.69, 9.17) is 0 Å². The minimum Gasteiger partial charge on any atom is -0.314 e. The van der Waals surface area contributed by atoms with E-state index in [2.05, 4.69) is 23.9 Å². The molecule has 0 aliphatic carbocycles. The Morgan fingerprint density at radius 3 is 2.24 bits per heavy atom. The summed E-state index contributed by atoms with van der Waals surface area (Å²) in [4.78, 5) is 14.1. The summed E-state index contributed by atoms with van der Waals surface area (Å²) in [7, 11) is 0. The van der Waals surface area contributed by atoms with Crippen LogP contribution >= 0.6 is 0 Å². The number of hydrogen-bond donors (Lipinski definition) is 0. The third kappa shape index (κ3) is 14.9. The summed E-state index contributed by atoms with van der Waals surface area (Å²) in [6.45, 7) is 2.44. The van der Waals surface area contributed by atoms with Crippen LogP contribution in [-0.4, -0.2) is 11.7 Å². The molecule has 0 N–H and O–H groups in total. The Balaban J connectivity index is 3.03. The van der Waals surface area contributed by atoms with Crippen molar-refractivity contribution >= 4 is 0 Å². The normalized spacial score (nSPS) is 10.9. The highest BCUT2D eigenvalue weighted by atomic mass is 16.9. The van der Waals surface area contributed by atoms with Crippen LogP contribution in [0.15, 0.2) is 12.2 Å². The van der Waals surface area contributed by atoms with Crippen molar-refractivity contribution in [3.8, 4) is 0 Å². The molecule has 0 radical (unpaired) electrons. The Kier molecular flexibility index (Phi) is 12.2. The lowest BCUT2D eigenvalue weighted by Gasteiger charge is -1.99. The highest BCUT2D eigenvalue weighted by Gasteiger charge is 1.94. The van der Waals surface area contributed by atoms with Crippen molar-refractivity contribution in [1.82, 2.24) is 0 Å². The minimum atomic E-state index is -0.721. The van der Waals surface area contributed by atoms with Crippen LogP contribution in [0.2, 0.25) is 0 Å². The molecule has 0 unspecified atom stereocenters. The molecule has 0 saturated heterocycles. The fourth-order valence-corrected chi connectivity index (χ4v) is 1.59. The summed E-state index contributed by atoms with van der Waals surface area (Å²) in [6.07, 6.45) is 14.8. The summed E-state index contributed by atoms with van der Waals surface area (Å²) >= 11 is 0. The first-order valence-electron chi connectivity index (χ1n) is 6.69. The van der Waals surface area contributed by atoms with Crippen LogP contribution in [0, 0.1) is 10.1 Å². The van der Waals surface area contributed by atoms with E-state index in [1.807, 2.05) is 0 Å². The number of rotatable bonds is 12. The highest BCUT2D eigenvalue weighted by molar-refractivity contribution is 4.80. The zero-order valence-corrected chi connectivity index (χ0v) is 10.9. The van der Waals surface area contributed by atoms with Crippen LogP contribution in [0.5, 0.6) is 0 Å². The van der Waals surface area contributed by atoms with Crippen molar-refractivity contribution in [3.05, 3.63) is 22.3 Å². The maximum Gasteiger partial charge on any atom is 0.294 e. The first kappa shape index (κ1) is 15.9. The van der Waals surface area contributed by atoms with E-state index in [0.717, 1.165) is 25.7 Å². The Morgan fingerprint density at radius 2 is 1.59 bits per heavy atom. The number of nitrogens with zero attached hydrogens (tertiary/aromatic N) is 1. The summed E-state index contributed by atoms with van der Waals surface area (Å²) in [5, 5.41) is 9.14. The maximum absolute atomic E-state index is 9.86. The van der Waals surface area contributed by atoms with Gasteiger partial charge in [0.1, 0.15) is 0 Å². The average Bonchev–Trinajstić information content (AvgIpc) is 2.30. The monoisotopic (exact) mass is 243 g/mol. The molecule has 0 heterocycles.